The van der Waals surface area contributed by atoms with Crippen molar-refractivity contribution in [2.24, 2.45) is 0 Å². The van der Waals surface area contributed by atoms with Gasteiger partial charge >= 0.3 is 6.18 Å². The van der Waals surface area contributed by atoms with Crippen LogP contribution in [0.1, 0.15) is 34.4 Å². The van der Waals surface area contributed by atoms with Gasteiger partial charge in [-0.15, -0.1) is 0 Å². The van der Waals surface area contributed by atoms with Crippen LogP contribution in [-0.2, 0) is 0 Å². The number of carbonyl (C=O) groups excluding carboxylic acids is 1. The number of ether oxygens (including phenoxy) is 2. The Kier molecular flexibility index (Phi) is 6.55. The predicted octanol–water partition coefficient (Wildman–Crippen LogP) is 6.12. The number of nitrogens with one attached hydrogen (secondary N) is 2. The summed E-state index contributed by atoms with van der Waals surface area (Å²) in [6.45, 7) is 0. The van der Waals surface area contributed by atoms with E-state index in [-0.39, 0.29) is 22.8 Å². The Morgan fingerprint density at radius 3 is 2.50 bits per heavy atom. The molecule has 0 fully saturated rings. The molecule has 34 heavy (non-hydrogen) atoms. The molecule has 0 radical (unpaired) electrons. The summed E-state index contributed by atoms with van der Waals surface area (Å²) in [4.78, 5) is 12.9. The monoisotopic (exact) mass is 514 g/mol. The van der Waals surface area contributed by atoms with E-state index in [0.29, 0.717) is 27.8 Å². The predicted molar refractivity (Wildman–Crippen MR) is 122 cm³/mol. The number of halogens is 5. The molecule has 0 spiro atoms. The Morgan fingerprint density at radius 1 is 1.12 bits per heavy atom. The molecular weight excluding hydrogens is 496 g/mol. The largest absolute Gasteiger partial charge is 0.493 e. The van der Waals surface area contributed by atoms with Crippen LogP contribution in [0.5, 0.6) is 11.5 Å². The number of fused-ring (bicyclic) bond motifs is 1. The summed E-state index contributed by atoms with van der Waals surface area (Å²) >= 11 is 11.9. The SMILES string of the molecule is COc1ccc([C@H]2C[C@@H](C(F)(F)F)n3ncc(C(=O)Nc4ccc(Cl)c(Cl)c4)c3N2)cc1OC. The lowest BCUT2D eigenvalue weighted by atomic mass is 9.96. The zero-order valence-corrected chi connectivity index (χ0v) is 19.4. The third-order valence-corrected chi connectivity index (χ3v) is 6.21. The molecule has 0 saturated heterocycles. The summed E-state index contributed by atoms with van der Waals surface area (Å²) in [5.41, 5.74) is 0.819. The smallest absolute Gasteiger partial charge is 0.410 e. The van der Waals surface area contributed by atoms with Gasteiger partial charge in [-0.25, -0.2) is 4.68 Å². The van der Waals surface area contributed by atoms with Gasteiger partial charge in [-0.2, -0.15) is 18.3 Å². The van der Waals surface area contributed by atoms with Crippen molar-refractivity contribution in [3.63, 3.8) is 0 Å². The van der Waals surface area contributed by atoms with E-state index in [2.05, 4.69) is 15.7 Å². The minimum absolute atomic E-state index is 0.0501. The first kappa shape index (κ1) is 24.0. The van der Waals surface area contributed by atoms with Crippen molar-refractivity contribution in [2.45, 2.75) is 24.7 Å². The molecule has 2 atom stereocenters. The second-order valence-electron chi connectivity index (χ2n) is 7.54. The number of alkyl halides is 3. The lowest BCUT2D eigenvalue weighted by Crippen LogP contribution is -2.36. The van der Waals surface area contributed by atoms with Crippen molar-refractivity contribution in [1.29, 1.82) is 0 Å². The number of aromatic nitrogens is 2. The second kappa shape index (κ2) is 9.27. The van der Waals surface area contributed by atoms with Crippen LogP contribution in [0.15, 0.2) is 42.6 Å². The van der Waals surface area contributed by atoms with Gasteiger partial charge in [0.1, 0.15) is 11.4 Å². The summed E-state index contributed by atoms with van der Waals surface area (Å²) in [7, 11) is 2.91. The van der Waals surface area contributed by atoms with Crippen LogP contribution in [-0.4, -0.2) is 36.1 Å². The molecule has 3 aromatic rings. The summed E-state index contributed by atoms with van der Waals surface area (Å²) in [5.74, 6) is 0.120. The van der Waals surface area contributed by atoms with E-state index in [1.54, 1.807) is 18.2 Å². The van der Waals surface area contributed by atoms with Crippen molar-refractivity contribution in [2.75, 3.05) is 24.9 Å². The van der Waals surface area contributed by atoms with Crippen molar-refractivity contribution in [3.05, 3.63) is 63.8 Å². The Hall–Kier alpha value is -3.11. The number of carbonyl (C=O) groups is 1. The first-order chi connectivity index (χ1) is 16.1. The maximum absolute atomic E-state index is 14.0. The van der Waals surface area contributed by atoms with Gasteiger partial charge in [-0.1, -0.05) is 29.3 Å². The minimum atomic E-state index is -4.59. The summed E-state index contributed by atoms with van der Waals surface area (Å²) in [6, 6.07) is 6.62. The molecule has 0 saturated carbocycles. The Labute approximate surface area is 202 Å². The van der Waals surface area contributed by atoms with Crippen molar-refractivity contribution in [3.8, 4) is 11.5 Å². The lowest BCUT2D eigenvalue weighted by molar-refractivity contribution is -0.173. The van der Waals surface area contributed by atoms with E-state index in [9.17, 15) is 18.0 Å². The fourth-order valence-corrected chi connectivity index (χ4v) is 4.09. The average molecular weight is 515 g/mol. The number of rotatable bonds is 5. The van der Waals surface area contributed by atoms with Crippen LogP contribution in [0.4, 0.5) is 24.7 Å². The zero-order chi connectivity index (χ0) is 24.6. The molecule has 2 N–H and O–H groups in total. The molecule has 0 unspecified atom stereocenters. The maximum Gasteiger partial charge on any atom is 0.410 e. The normalized spacial score (nSPS) is 17.5. The molecule has 1 aromatic heterocycles. The minimum Gasteiger partial charge on any atom is -0.493 e. The van der Waals surface area contributed by atoms with Crippen LogP contribution in [0, 0.1) is 0 Å². The maximum atomic E-state index is 14.0. The molecule has 180 valence electrons. The number of methoxy groups -OCH3 is 2. The Morgan fingerprint density at radius 2 is 1.85 bits per heavy atom. The van der Waals surface area contributed by atoms with E-state index >= 15 is 0 Å². The quantitative estimate of drug-likeness (QED) is 0.428. The molecule has 1 aliphatic rings. The first-order valence-corrected chi connectivity index (χ1v) is 10.8. The van der Waals surface area contributed by atoms with Crippen LogP contribution in [0.3, 0.4) is 0 Å². The molecule has 7 nitrogen and oxygen atoms in total. The number of nitrogens with zero attached hydrogens (tertiary/aromatic N) is 2. The van der Waals surface area contributed by atoms with Gasteiger partial charge in [-0.3, -0.25) is 4.79 Å². The summed E-state index contributed by atoms with van der Waals surface area (Å²) in [5, 5.41) is 10.0. The molecule has 4 rings (SSSR count). The van der Waals surface area contributed by atoms with Gasteiger partial charge in [-0.05, 0) is 35.9 Å². The molecule has 2 heterocycles. The van der Waals surface area contributed by atoms with Crippen LogP contribution in [0.2, 0.25) is 10.0 Å². The average Bonchev–Trinajstić information content (AvgIpc) is 3.23. The highest BCUT2D eigenvalue weighted by atomic mass is 35.5. The standard InChI is InChI=1S/C22H19Cl2F3N4O3/c1-33-17-6-3-11(7-18(17)34-2)16-9-19(22(25,26)27)31-20(30-16)13(10-28-31)21(32)29-12-4-5-14(23)15(24)8-12/h3-8,10,16,19,30H,9H2,1-2H3,(H,29,32)/t16-,19+/m1/s1. The van der Waals surface area contributed by atoms with Crippen molar-refractivity contribution < 1.29 is 27.4 Å². The fourth-order valence-electron chi connectivity index (χ4n) is 3.79. The molecular formula is C22H19Cl2F3N4O3. The van der Waals surface area contributed by atoms with Crippen molar-refractivity contribution in [1.82, 2.24) is 9.78 Å². The highest BCUT2D eigenvalue weighted by Crippen LogP contribution is 2.45. The molecule has 0 bridgehead atoms. The molecule has 2 aromatic carbocycles. The van der Waals surface area contributed by atoms with Crippen LogP contribution >= 0.6 is 23.2 Å². The Bertz CT molecular complexity index is 1230. The van der Waals surface area contributed by atoms with E-state index in [1.807, 2.05) is 0 Å². The number of benzene rings is 2. The lowest BCUT2D eigenvalue weighted by Gasteiger charge is -2.34. The highest BCUT2D eigenvalue weighted by molar-refractivity contribution is 6.42. The summed E-state index contributed by atoms with van der Waals surface area (Å²) in [6.07, 6.45) is -3.82. The number of hydrogen-bond donors (Lipinski definition) is 2. The molecule has 12 heteroatoms. The molecule has 1 amide bonds. The molecule has 0 aliphatic carbocycles. The third-order valence-electron chi connectivity index (χ3n) is 5.47. The van der Waals surface area contributed by atoms with E-state index in [0.717, 1.165) is 10.9 Å². The molecule has 1 aliphatic heterocycles. The third kappa shape index (κ3) is 4.60. The van der Waals surface area contributed by atoms with E-state index in [1.165, 1.54) is 32.4 Å². The summed E-state index contributed by atoms with van der Waals surface area (Å²) < 4.78 is 53.1. The number of anilines is 2. The van der Waals surface area contributed by atoms with Gasteiger partial charge in [0.15, 0.2) is 17.5 Å². The van der Waals surface area contributed by atoms with Gasteiger partial charge < -0.3 is 20.1 Å². The van der Waals surface area contributed by atoms with Gasteiger partial charge in [0.25, 0.3) is 5.91 Å². The van der Waals surface area contributed by atoms with Crippen LogP contribution < -0.4 is 20.1 Å². The topological polar surface area (TPSA) is 77.4 Å². The highest BCUT2D eigenvalue weighted by Gasteiger charge is 2.47. The fraction of sp³-hybridized carbons (Fsp3) is 0.273. The zero-order valence-electron chi connectivity index (χ0n) is 17.9. The number of hydrogen-bond acceptors (Lipinski definition) is 5. The number of amides is 1. The van der Waals surface area contributed by atoms with Gasteiger partial charge in [0, 0.05) is 12.1 Å². The van der Waals surface area contributed by atoms with Crippen molar-refractivity contribution >= 4 is 40.6 Å². The van der Waals surface area contributed by atoms with E-state index < -0.39 is 24.2 Å². The Balaban J connectivity index is 1.69. The van der Waals surface area contributed by atoms with Crippen LogP contribution in [0.25, 0.3) is 0 Å². The van der Waals surface area contributed by atoms with E-state index in [4.69, 9.17) is 32.7 Å². The van der Waals surface area contributed by atoms with Gasteiger partial charge in [0.05, 0.1) is 36.5 Å². The first-order valence-electron chi connectivity index (χ1n) is 10.0. The second-order valence-corrected chi connectivity index (χ2v) is 8.35. The van der Waals surface area contributed by atoms with Gasteiger partial charge in [0.2, 0.25) is 0 Å².